The lowest BCUT2D eigenvalue weighted by atomic mass is 9.78. The lowest BCUT2D eigenvalue weighted by molar-refractivity contribution is -0.145. The summed E-state index contributed by atoms with van der Waals surface area (Å²) in [5.41, 5.74) is 5.22. The van der Waals surface area contributed by atoms with Gasteiger partial charge in [0.15, 0.2) is 6.61 Å². The minimum absolute atomic E-state index is 0.142. The molecule has 6 nitrogen and oxygen atoms in total. The lowest BCUT2D eigenvalue weighted by Crippen LogP contribution is -2.30. The van der Waals surface area contributed by atoms with Crippen LogP contribution in [-0.2, 0) is 19.7 Å². The molecule has 0 spiro atoms. The van der Waals surface area contributed by atoms with Crippen molar-refractivity contribution in [3.8, 4) is 5.75 Å². The first kappa shape index (κ1) is 25.1. The highest BCUT2D eigenvalue weighted by Crippen LogP contribution is 2.32. The van der Waals surface area contributed by atoms with Crippen LogP contribution in [0.25, 0.3) is 0 Å². The number of nitrogens with one attached hydrogen (secondary N) is 1. The molecule has 0 saturated heterocycles. The number of hydrogen-bond acceptors (Lipinski definition) is 5. The zero-order chi connectivity index (χ0) is 23.6. The average molecular weight is 439 g/mol. The average Bonchev–Trinajstić information content (AvgIpc) is 2.80. The number of benzene rings is 2. The molecular formula is C26H34N2O4. The van der Waals surface area contributed by atoms with Gasteiger partial charge >= 0.3 is 5.97 Å². The smallest absolute Gasteiger partial charge is 0.314 e. The molecule has 0 saturated carbocycles. The monoisotopic (exact) mass is 438 g/mol. The topological polar surface area (TPSA) is 77.0 Å². The number of nitrogens with zero attached hydrogens (tertiary/aromatic N) is 1. The van der Waals surface area contributed by atoms with Crippen molar-refractivity contribution in [2.75, 3.05) is 13.2 Å². The number of carbonyl (C=O) groups is 2. The van der Waals surface area contributed by atoms with E-state index in [-0.39, 0.29) is 18.0 Å². The SMILES string of the molecule is CCC[C@H](C(=O)OCC)/C(C)=N/NC(=O)COc1ccc(C(C)(C)c2ccccc2)cc1. The summed E-state index contributed by atoms with van der Waals surface area (Å²) in [4.78, 5) is 24.2. The van der Waals surface area contributed by atoms with Gasteiger partial charge in [-0.25, -0.2) is 5.43 Å². The Hall–Kier alpha value is -3.15. The molecule has 1 amide bonds. The fourth-order valence-corrected chi connectivity index (χ4v) is 3.43. The number of carbonyl (C=O) groups excluding carboxylic acids is 2. The molecule has 0 aliphatic rings. The van der Waals surface area contributed by atoms with E-state index < -0.39 is 11.8 Å². The van der Waals surface area contributed by atoms with E-state index >= 15 is 0 Å². The molecule has 2 aromatic rings. The van der Waals surface area contributed by atoms with Crippen molar-refractivity contribution < 1.29 is 19.1 Å². The first-order valence-corrected chi connectivity index (χ1v) is 11.1. The van der Waals surface area contributed by atoms with Gasteiger partial charge in [0.05, 0.1) is 12.5 Å². The summed E-state index contributed by atoms with van der Waals surface area (Å²) < 4.78 is 10.7. The predicted molar refractivity (Wildman–Crippen MR) is 127 cm³/mol. The first-order valence-electron chi connectivity index (χ1n) is 11.1. The van der Waals surface area contributed by atoms with Crippen LogP contribution in [0.2, 0.25) is 0 Å². The third-order valence-corrected chi connectivity index (χ3v) is 5.45. The number of esters is 1. The van der Waals surface area contributed by atoms with Gasteiger partial charge in [-0.05, 0) is 43.5 Å². The van der Waals surface area contributed by atoms with E-state index in [1.165, 1.54) is 5.56 Å². The van der Waals surface area contributed by atoms with Crippen LogP contribution in [-0.4, -0.2) is 30.8 Å². The van der Waals surface area contributed by atoms with Gasteiger partial charge in [-0.1, -0.05) is 69.7 Å². The van der Waals surface area contributed by atoms with Gasteiger partial charge in [-0.15, -0.1) is 0 Å². The molecule has 0 fully saturated rings. The van der Waals surface area contributed by atoms with E-state index in [0.29, 0.717) is 24.5 Å². The van der Waals surface area contributed by atoms with Crippen LogP contribution in [0.15, 0.2) is 59.7 Å². The van der Waals surface area contributed by atoms with Crippen LogP contribution < -0.4 is 10.2 Å². The van der Waals surface area contributed by atoms with Crippen molar-refractivity contribution in [1.29, 1.82) is 0 Å². The Morgan fingerprint density at radius 2 is 1.62 bits per heavy atom. The van der Waals surface area contributed by atoms with Crippen LogP contribution in [0.4, 0.5) is 0 Å². The number of rotatable bonds is 11. The molecule has 0 aliphatic carbocycles. The third kappa shape index (κ3) is 6.94. The molecule has 0 aromatic heterocycles. The summed E-state index contributed by atoms with van der Waals surface area (Å²) >= 11 is 0. The maximum atomic E-state index is 12.1. The Bertz CT molecular complexity index is 905. The van der Waals surface area contributed by atoms with Crippen LogP contribution in [0.5, 0.6) is 5.75 Å². The van der Waals surface area contributed by atoms with Crippen molar-refractivity contribution in [2.24, 2.45) is 11.0 Å². The highest BCUT2D eigenvalue weighted by molar-refractivity contribution is 6.01. The fourth-order valence-electron chi connectivity index (χ4n) is 3.43. The summed E-state index contributed by atoms with van der Waals surface area (Å²) in [5, 5.41) is 4.07. The van der Waals surface area contributed by atoms with Gasteiger partial charge in [-0.3, -0.25) is 9.59 Å². The Labute approximate surface area is 191 Å². The van der Waals surface area contributed by atoms with E-state index in [9.17, 15) is 9.59 Å². The number of amides is 1. The molecule has 0 unspecified atom stereocenters. The van der Waals surface area contributed by atoms with Crippen molar-refractivity contribution in [3.63, 3.8) is 0 Å². The van der Waals surface area contributed by atoms with Gasteiger partial charge in [0, 0.05) is 11.1 Å². The molecule has 0 bridgehead atoms. The molecule has 172 valence electrons. The van der Waals surface area contributed by atoms with Crippen molar-refractivity contribution in [2.45, 2.75) is 52.9 Å². The highest BCUT2D eigenvalue weighted by Gasteiger charge is 2.23. The molecule has 6 heteroatoms. The second-order valence-electron chi connectivity index (χ2n) is 8.19. The van der Waals surface area contributed by atoms with Crippen LogP contribution >= 0.6 is 0 Å². The third-order valence-electron chi connectivity index (χ3n) is 5.45. The Balaban J connectivity index is 1.92. The minimum Gasteiger partial charge on any atom is -0.484 e. The molecule has 2 rings (SSSR count). The second kappa shape index (κ2) is 12.0. The standard InChI is InChI=1S/C26H34N2O4/c1-6-11-23(25(30)31-7-2)19(3)27-28-24(29)18-32-22-16-14-21(15-17-22)26(4,5)20-12-9-8-10-13-20/h8-10,12-17,23H,6-7,11,18H2,1-5H3,(H,28,29)/b27-19+/t23-/m0/s1. The summed E-state index contributed by atoms with van der Waals surface area (Å²) in [5.74, 6) is -0.567. The zero-order valence-electron chi connectivity index (χ0n) is 19.7. The van der Waals surface area contributed by atoms with E-state index in [0.717, 1.165) is 12.0 Å². The summed E-state index contributed by atoms with van der Waals surface area (Å²) in [7, 11) is 0. The van der Waals surface area contributed by atoms with Gasteiger partial charge in [-0.2, -0.15) is 5.10 Å². The van der Waals surface area contributed by atoms with E-state index in [1.807, 2.05) is 49.4 Å². The molecule has 1 N–H and O–H groups in total. The van der Waals surface area contributed by atoms with Gasteiger partial charge in [0.25, 0.3) is 5.91 Å². The maximum Gasteiger partial charge on any atom is 0.314 e. The van der Waals surface area contributed by atoms with E-state index in [4.69, 9.17) is 9.47 Å². The molecule has 2 aromatic carbocycles. The first-order chi connectivity index (χ1) is 15.3. The lowest BCUT2D eigenvalue weighted by Gasteiger charge is -2.26. The Morgan fingerprint density at radius 1 is 1.00 bits per heavy atom. The van der Waals surface area contributed by atoms with Crippen LogP contribution in [0, 0.1) is 5.92 Å². The predicted octanol–water partition coefficient (Wildman–Crippen LogP) is 4.86. The number of hydrogen-bond donors (Lipinski definition) is 1. The van der Waals surface area contributed by atoms with Crippen molar-refractivity contribution >= 4 is 17.6 Å². The second-order valence-corrected chi connectivity index (χ2v) is 8.19. The van der Waals surface area contributed by atoms with E-state index in [2.05, 4.69) is 36.5 Å². The molecule has 0 aliphatic heterocycles. The molecule has 32 heavy (non-hydrogen) atoms. The largest absolute Gasteiger partial charge is 0.484 e. The van der Waals surface area contributed by atoms with Crippen molar-refractivity contribution in [1.82, 2.24) is 5.43 Å². The van der Waals surface area contributed by atoms with Crippen molar-refractivity contribution in [3.05, 3.63) is 65.7 Å². The maximum absolute atomic E-state index is 12.1. The molecule has 1 atom stereocenters. The number of ether oxygens (including phenoxy) is 2. The van der Waals surface area contributed by atoms with E-state index in [1.54, 1.807) is 13.8 Å². The normalized spacial score (nSPS) is 12.7. The van der Waals surface area contributed by atoms with Crippen LogP contribution in [0.1, 0.15) is 58.6 Å². The summed E-state index contributed by atoms with van der Waals surface area (Å²) in [6.07, 6.45) is 1.43. The summed E-state index contributed by atoms with van der Waals surface area (Å²) in [6.45, 7) is 9.96. The van der Waals surface area contributed by atoms with Gasteiger partial charge in [0.2, 0.25) is 0 Å². The quantitative estimate of drug-likeness (QED) is 0.309. The minimum atomic E-state index is -0.457. The number of hydrazone groups is 1. The Kier molecular flexibility index (Phi) is 9.44. The molecular weight excluding hydrogens is 404 g/mol. The Morgan fingerprint density at radius 3 is 2.22 bits per heavy atom. The van der Waals surface area contributed by atoms with Crippen LogP contribution in [0.3, 0.4) is 0 Å². The molecule has 0 radical (unpaired) electrons. The fraction of sp³-hybridized carbons (Fsp3) is 0.423. The summed E-state index contributed by atoms with van der Waals surface area (Å²) in [6, 6.07) is 18.1. The molecule has 0 heterocycles. The van der Waals surface area contributed by atoms with Gasteiger partial charge in [0.1, 0.15) is 5.75 Å². The zero-order valence-corrected chi connectivity index (χ0v) is 19.7. The highest BCUT2D eigenvalue weighted by atomic mass is 16.5. The van der Waals surface area contributed by atoms with Gasteiger partial charge < -0.3 is 9.47 Å².